The van der Waals surface area contributed by atoms with Crippen molar-refractivity contribution in [2.45, 2.75) is 0 Å². The van der Waals surface area contributed by atoms with E-state index < -0.39 is 0 Å². The van der Waals surface area contributed by atoms with Crippen LogP contribution in [0.1, 0.15) is 0 Å². The Labute approximate surface area is 125 Å². The molecular weight excluding hydrogens is 308 g/mol. The number of hydrogen-bond donors (Lipinski definition) is 1. The number of tetrazole rings is 1. The number of nitrogens with zero attached hydrogens (tertiary/aromatic N) is 7. The average molecular weight is 314 g/mol. The van der Waals surface area contributed by atoms with Gasteiger partial charge in [0.1, 0.15) is 5.01 Å². The highest BCUT2D eigenvalue weighted by Crippen LogP contribution is 2.33. The zero-order valence-corrected chi connectivity index (χ0v) is 12.0. The summed E-state index contributed by atoms with van der Waals surface area (Å²) >= 11 is 2.82. The van der Waals surface area contributed by atoms with E-state index in [-0.39, 0.29) is 0 Å². The van der Waals surface area contributed by atoms with E-state index in [9.17, 15) is 0 Å². The topological polar surface area (TPSA) is 106 Å². The van der Waals surface area contributed by atoms with Crippen LogP contribution in [0.3, 0.4) is 0 Å². The minimum absolute atomic E-state index is 0.423. The molecule has 10 heteroatoms. The highest BCUT2D eigenvalue weighted by Gasteiger charge is 2.16. The van der Waals surface area contributed by atoms with Crippen molar-refractivity contribution in [2.75, 3.05) is 0 Å². The van der Waals surface area contributed by atoms with Gasteiger partial charge >= 0.3 is 0 Å². The molecule has 1 N–H and O–H groups in total. The summed E-state index contributed by atoms with van der Waals surface area (Å²) in [4.78, 5) is 0. The van der Waals surface area contributed by atoms with E-state index in [1.54, 1.807) is 0 Å². The molecule has 102 valence electrons. The molecule has 4 rings (SSSR count). The Balaban J connectivity index is 1.67. The first-order valence-corrected chi connectivity index (χ1v) is 7.50. The van der Waals surface area contributed by atoms with Gasteiger partial charge in [0.2, 0.25) is 5.82 Å². The second-order valence-electron chi connectivity index (χ2n) is 3.93. The molecule has 21 heavy (non-hydrogen) atoms. The minimum atomic E-state index is 0.423. The van der Waals surface area contributed by atoms with Gasteiger partial charge in [-0.05, 0) is 5.21 Å². The van der Waals surface area contributed by atoms with Gasteiger partial charge in [-0.25, -0.2) is 0 Å². The van der Waals surface area contributed by atoms with Crippen LogP contribution >= 0.6 is 22.7 Å². The number of benzene rings is 1. The lowest BCUT2D eigenvalue weighted by molar-refractivity contribution is 0.881. The van der Waals surface area contributed by atoms with E-state index in [4.69, 9.17) is 0 Å². The van der Waals surface area contributed by atoms with Gasteiger partial charge in [0, 0.05) is 5.56 Å². The molecule has 0 aliphatic rings. The third-order valence-corrected chi connectivity index (χ3v) is 4.62. The summed E-state index contributed by atoms with van der Waals surface area (Å²) in [5.74, 6) is 0.423. The molecule has 8 nitrogen and oxygen atoms in total. The van der Waals surface area contributed by atoms with E-state index in [1.807, 2.05) is 30.3 Å². The second kappa shape index (κ2) is 5.07. The molecule has 0 fully saturated rings. The summed E-state index contributed by atoms with van der Waals surface area (Å²) in [6.07, 6.45) is 0. The minimum Gasteiger partial charge on any atom is -0.177 e. The molecule has 0 spiro atoms. The molecule has 3 heterocycles. The zero-order chi connectivity index (χ0) is 14.1. The Morgan fingerprint density at radius 1 is 0.714 bits per heavy atom. The normalized spacial score (nSPS) is 10.9. The van der Waals surface area contributed by atoms with Crippen LogP contribution in [0.25, 0.3) is 31.4 Å². The zero-order valence-electron chi connectivity index (χ0n) is 10.3. The predicted molar refractivity (Wildman–Crippen MR) is 77.4 cm³/mol. The number of rotatable bonds is 3. The fraction of sp³-hybridized carbons (Fsp3) is 0. The Morgan fingerprint density at radius 2 is 1.38 bits per heavy atom. The molecule has 4 aromatic rings. The van der Waals surface area contributed by atoms with E-state index >= 15 is 0 Å². The van der Waals surface area contributed by atoms with Crippen LogP contribution in [0.15, 0.2) is 30.3 Å². The van der Waals surface area contributed by atoms with Crippen molar-refractivity contribution < 1.29 is 0 Å². The molecule has 0 bridgehead atoms. The van der Waals surface area contributed by atoms with E-state index in [1.165, 1.54) is 22.7 Å². The summed E-state index contributed by atoms with van der Waals surface area (Å²) in [7, 11) is 0. The summed E-state index contributed by atoms with van der Waals surface area (Å²) in [5.41, 5.74) is 1.03. The number of aromatic nitrogens is 8. The number of nitrogens with one attached hydrogen (secondary N) is 1. The molecule has 0 unspecified atom stereocenters. The van der Waals surface area contributed by atoms with E-state index in [0.29, 0.717) is 15.8 Å². The van der Waals surface area contributed by atoms with Gasteiger partial charge in [-0.15, -0.1) is 30.6 Å². The van der Waals surface area contributed by atoms with E-state index in [2.05, 4.69) is 41.0 Å². The van der Waals surface area contributed by atoms with Gasteiger partial charge in [-0.2, -0.15) is 5.21 Å². The van der Waals surface area contributed by atoms with Gasteiger partial charge in [-0.3, -0.25) is 0 Å². The predicted octanol–water partition coefficient (Wildman–Crippen LogP) is 1.90. The van der Waals surface area contributed by atoms with Crippen LogP contribution in [0.5, 0.6) is 0 Å². The monoisotopic (exact) mass is 314 g/mol. The first kappa shape index (κ1) is 12.2. The Morgan fingerprint density at radius 3 is 2.10 bits per heavy atom. The molecule has 1 aromatic carbocycles. The highest BCUT2D eigenvalue weighted by atomic mass is 32.1. The van der Waals surface area contributed by atoms with Crippen LogP contribution in [0.4, 0.5) is 0 Å². The SMILES string of the molecule is c1ccc(-c2nnc(-c3nnc(-c4nn[nH]n4)s3)s2)cc1. The van der Waals surface area contributed by atoms with Crippen LogP contribution in [0.2, 0.25) is 0 Å². The standard InChI is InChI=1S/C11H6N8S2/c1-2-4-6(5-3-1)8-14-16-10(20-8)11-17-15-9(21-11)7-12-18-19-13-7/h1-5H,(H,12,13,18,19). The Kier molecular flexibility index (Phi) is 2.94. The summed E-state index contributed by atoms with van der Waals surface area (Å²) in [6.45, 7) is 0. The average Bonchev–Trinajstić information content (AvgIpc) is 3.27. The molecule has 0 saturated carbocycles. The number of aromatic amines is 1. The molecule has 0 atom stereocenters. The maximum Gasteiger partial charge on any atom is 0.235 e. The number of hydrogen-bond acceptors (Lipinski definition) is 9. The Hall–Kier alpha value is -2.59. The molecule has 0 amide bonds. The van der Waals surface area contributed by atoms with Crippen molar-refractivity contribution in [3.8, 4) is 31.4 Å². The van der Waals surface area contributed by atoms with Crippen molar-refractivity contribution in [3.05, 3.63) is 30.3 Å². The largest absolute Gasteiger partial charge is 0.235 e. The van der Waals surface area contributed by atoms with Crippen LogP contribution in [-0.4, -0.2) is 41.0 Å². The molecule has 0 radical (unpaired) electrons. The smallest absolute Gasteiger partial charge is 0.177 e. The lowest BCUT2D eigenvalue weighted by atomic mass is 10.2. The summed E-state index contributed by atoms with van der Waals surface area (Å²) < 4.78 is 0. The summed E-state index contributed by atoms with van der Waals surface area (Å²) in [6, 6.07) is 9.89. The van der Waals surface area contributed by atoms with Gasteiger partial charge in [0.25, 0.3) is 0 Å². The first-order valence-electron chi connectivity index (χ1n) is 5.87. The van der Waals surface area contributed by atoms with Crippen LogP contribution in [0, 0.1) is 0 Å². The first-order chi connectivity index (χ1) is 10.4. The quantitative estimate of drug-likeness (QED) is 0.615. The van der Waals surface area contributed by atoms with Crippen molar-refractivity contribution in [1.82, 2.24) is 41.0 Å². The van der Waals surface area contributed by atoms with Crippen molar-refractivity contribution in [1.29, 1.82) is 0 Å². The lowest BCUT2D eigenvalue weighted by Crippen LogP contribution is -1.79. The fourth-order valence-electron chi connectivity index (χ4n) is 1.66. The summed E-state index contributed by atoms with van der Waals surface area (Å²) in [5, 5.41) is 33.0. The lowest BCUT2D eigenvalue weighted by Gasteiger charge is -1.91. The molecule has 0 aliphatic heterocycles. The molecule has 3 aromatic heterocycles. The maximum absolute atomic E-state index is 4.19. The second-order valence-corrected chi connectivity index (χ2v) is 5.88. The van der Waals surface area contributed by atoms with Gasteiger partial charge in [-0.1, -0.05) is 53.0 Å². The van der Waals surface area contributed by atoms with Crippen molar-refractivity contribution in [2.24, 2.45) is 0 Å². The maximum atomic E-state index is 4.19. The van der Waals surface area contributed by atoms with Gasteiger partial charge in [0.05, 0.1) is 0 Å². The highest BCUT2D eigenvalue weighted by molar-refractivity contribution is 7.24. The molecule has 0 saturated heterocycles. The van der Waals surface area contributed by atoms with Gasteiger partial charge in [0.15, 0.2) is 15.0 Å². The van der Waals surface area contributed by atoms with Crippen molar-refractivity contribution in [3.63, 3.8) is 0 Å². The van der Waals surface area contributed by atoms with Gasteiger partial charge < -0.3 is 0 Å². The third-order valence-electron chi connectivity index (χ3n) is 2.59. The fourth-order valence-corrected chi connectivity index (χ4v) is 3.29. The Bertz CT molecular complexity index is 851. The van der Waals surface area contributed by atoms with E-state index in [0.717, 1.165) is 15.6 Å². The third kappa shape index (κ3) is 2.30. The van der Waals surface area contributed by atoms with Crippen molar-refractivity contribution >= 4 is 22.7 Å². The van der Waals surface area contributed by atoms with Crippen LogP contribution < -0.4 is 0 Å². The molecule has 0 aliphatic carbocycles. The number of H-pyrrole nitrogens is 1. The molecular formula is C11H6N8S2. The van der Waals surface area contributed by atoms with Crippen LogP contribution in [-0.2, 0) is 0 Å².